The molecule has 1 heterocycles. The number of allylic oxidation sites excluding steroid dienone is 1. The molecule has 0 aliphatic carbocycles. The van der Waals surface area contributed by atoms with Crippen molar-refractivity contribution in [2.45, 2.75) is 26.3 Å². The summed E-state index contributed by atoms with van der Waals surface area (Å²) in [5.74, 6) is 0.0932. The van der Waals surface area contributed by atoms with Gasteiger partial charge in [0.2, 0.25) is 0 Å². The predicted molar refractivity (Wildman–Crippen MR) is 90.9 cm³/mol. The van der Waals surface area contributed by atoms with Crippen LogP contribution in [0.4, 0.5) is 0 Å². The van der Waals surface area contributed by atoms with Crippen molar-refractivity contribution in [1.82, 2.24) is 15.8 Å². The maximum atomic E-state index is 12.5. The van der Waals surface area contributed by atoms with Crippen molar-refractivity contribution in [2.24, 2.45) is 0 Å². The third-order valence-corrected chi connectivity index (χ3v) is 3.69. The van der Waals surface area contributed by atoms with Crippen LogP contribution in [-0.4, -0.2) is 28.7 Å². The lowest BCUT2D eigenvalue weighted by atomic mass is 10.0. The maximum Gasteiger partial charge on any atom is 0.273 e. The molecule has 2 N–H and O–H groups in total. The van der Waals surface area contributed by atoms with Crippen molar-refractivity contribution in [1.29, 1.82) is 0 Å². The van der Waals surface area contributed by atoms with Gasteiger partial charge >= 0.3 is 0 Å². The van der Waals surface area contributed by atoms with Crippen molar-refractivity contribution < 1.29 is 9.53 Å². The Labute approximate surface area is 140 Å². The summed E-state index contributed by atoms with van der Waals surface area (Å²) in [4.78, 5) is 12.5. The van der Waals surface area contributed by atoms with E-state index in [9.17, 15) is 4.79 Å². The van der Waals surface area contributed by atoms with E-state index in [0.717, 1.165) is 5.70 Å². The van der Waals surface area contributed by atoms with E-state index in [2.05, 4.69) is 10.7 Å². The molecule has 7 heteroatoms. The summed E-state index contributed by atoms with van der Waals surface area (Å²) in [5, 5.41) is 5.56. The summed E-state index contributed by atoms with van der Waals surface area (Å²) in [6.07, 6.45) is 1.98. The average molecular weight is 340 g/mol. The van der Waals surface area contributed by atoms with Crippen LogP contribution in [0.1, 0.15) is 31.1 Å². The second-order valence-corrected chi connectivity index (χ2v) is 6.38. The number of hydrogen-bond donors (Lipinski definition) is 2. The number of rotatable bonds is 3. The van der Waals surface area contributed by atoms with Crippen LogP contribution in [0.15, 0.2) is 30.0 Å². The molecule has 0 spiro atoms. The Kier molecular flexibility index (Phi) is 4.63. The number of nitrogens with one attached hydrogen (secondary N) is 2. The highest BCUT2D eigenvalue weighted by Crippen LogP contribution is 2.23. The molecule has 1 aliphatic heterocycles. The van der Waals surface area contributed by atoms with Gasteiger partial charge in [0.15, 0.2) is 5.11 Å². The van der Waals surface area contributed by atoms with Crippen LogP contribution in [-0.2, 0) is 0 Å². The van der Waals surface area contributed by atoms with Gasteiger partial charge in [0.05, 0.1) is 18.2 Å². The lowest BCUT2D eigenvalue weighted by molar-refractivity contribution is 0.0882. The zero-order valence-corrected chi connectivity index (χ0v) is 14.4. The number of thiocarbonyl (C=S) groups is 1. The van der Waals surface area contributed by atoms with E-state index in [4.69, 9.17) is 28.6 Å². The summed E-state index contributed by atoms with van der Waals surface area (Å²) < 4.78 is 5.20. The highest BCUT2D eigenvalue weighted by atomic mass is 35.5. The smallest absolute Gasteiger partial charge is 0.273 e. The minimum Gasteiger partial charge on any atom is -0.496 e. The van der Waals surface area contributed by atoms with Crippen molar-refractivity contribution in [3.63, 3.8) is 0 Å². The first-order valence-corrected chi connectivity index (χ1v) is 7.48. The molecule has 0 fully saturated rings. The first-order valence-electron chi connectivity index (χ1n) is 6.70. The van der Waals surface area contributed by atoms with Gasteiger partial charge in [-0.25, -0.2) is 5.01 Å². The number of nitrogens with zero attached hydrogens (tertiary/aromatic N) is 1. The lowest BCUT2D eigenvalue weighted by Gasteiger charge is -2.37. The molecule has 0 bridgehead atoms. The summed E-state index contributed by atoms with van der Waals surface area (Å²) in [5.41, 5.74) is 3.68. The fraction of sp³-hybridized carbons (Fsp3) is 0.333. The van der Waals surface area contributed by atoms with Gasteiger partial charge in [-0.3, -0.25) is 10.2 Å². The predicted octanol–water partition coefficient (Wildman–Crippen LogP) is 2.87. The van der Waals surface area contributed by atoms with E-state index in [1.165, 1.54) is 12.1 Å². The van der Waals surface area contributed by atoms with Gasteiger partial charge in [0.1, 0.15) is 5.75 Å². The van der Waals surface area contributed by atoms with Crippen molar-refractivity contribution >= 4 is 34.8 Å². The molecule has 0 radical (unpaired) electrons. The van der Waals surface area contributed by atoms with Gasteiger partial charge < -0.3 is 10.1 Å². The molecule has 22 heavy (non-hydrogen) atoms. The largest absolute Gasteiger partial charge is 0.496 e. The summed E-state index contributed by atoms with van der Waals surface area (Å²) in [7, 11) is 1.50. The van der Waals surface area contributed by atoms with E-state index < -0.39 is 0 Å². The first-order chi connectivity index (χ1) is 10.2. The highest BCUT2D eigenvalue weighted by Gasteiger charge is 2.28. The molecule has 0 unspecified atom stereocenters. The number of ether oxygens (including phenoxy) is 1. The average Bonchev–Trinajstić information content (AvgIpc) is 2.41. The molecule has 0 saturated heterocycles. The summed E-state index contributed by atoms with van der Waals surface area (Å²) in [6.45, 7) is 5.88. The minimum absolute atomic E-state index is 0.254. The fourth-order valence-electron chi connectivity index (χ4n) is 2.27. The number of amides is 1. The third-order valence-electron chi connectivity index (χ3n) is 3.17. The van der Waals surface area contributed by atoms with E-state index in [0.29, 0.717) is 21.4 Å². The molecule has 5 nitrogen and oxygen atoms in total. The number of hydrazine groups is 1. The zero-order chi connectivity index (χ0) is 16.5. The number of carbonyl (C=O) groups is 1. The Morgan fingerprint density at radius 2 is 2.14 bits per heavy atom. The van der Waals surface area contributed by atoms with Crippen LogP contribution in [0.3, 0.4) is 0 Å². The Morgan fingerprint density at radius 3 is 2.73 bits per heavy atom. The van der Waals surface area contributed by atoms with E-state index in [1.807, 2.05) is 26.8 Å². The second-order valence-electron chi connectivity index (χ2n) is 5.56. The number of halogens is 1. The Bertz CT molecular complexity index is 658. The zero-order valence-electron chi connectivity index (χ0n) is 12.9. The molecule has 0 aromatic heterocycles. The quantitative estimate of drug-likeness (QED) is 0.829. The number of hydrogen-bond acceptors (Lipinski definition) is 3. The number of methoxy groups -OCH3 is 1. The molecule has 118 valence electrons. The van der Waals surface area contributed by atoms with Crippen LogP contribution < -0.4 is 15.5 Å². The molecule has 0 saturated carbocycles. The van der Waals surface area contributed by atoms with Gasteiger partial charge in [0, 0.05) is 10.7 Å². The molecule has 1 aliphatic rings. The molecule has 1 aromatic rings. The van der Waals surface area contributed by atoms with E-state index in [1.54, 1.807) is 18.2 Å². The third kappa shape index (κ3) is 3.51. The van der Waals surface area contributed by atoms with Gasteiger partial charge in [-0.2, -0.15) is 0 Å². The molecular formula is C15H18ClN3O2S. The monoisotopic (exact) mass is 339 g/mol. The van der Waals surface area contributed by atoms with Crippen LogP contribution in [0.5, 0.6) is 5.75 Å². The van der Waals surface area contributed by atoms with Crippen LogP contribution in [0, 0.1) is 0 Å². The van der Waals surface area contributed by atoms with Crippen LogP contribution in [0.2, 0.25) is 5.02 Å². The number of benzene rings is 1. The molecule has 0 atom stereocenters. The maximum absolute atomic E-state index is 12.5. The molecule has 2 rings (SSSR count). The van der Waals surface area contributed by atoms with E-state index in [-0.39, 0.29) is 11.4 Å². The fourth-order valence-corrected chi connectivity index (χ4v) is 2.90. The van der Waals surface area contributed by atoms with Gasteiger partial charge in [-0.1, -0.05) is 11.6 Å². The minimum atomic E-state index is -0.351. The van der Waals surface area contributed by atoms with Gasteiger partial charge in [-0.15, -0.1) is 0 Å². The molecule has 1 aromatic carbocycles. The summed E-state index contributed by atoms with van der Waals surface area (Å²) >= 11 is 11.3. The van der Waals surface area contributed by atoms with Crippen molar-refractivity contribution in [3.05, 3.63) is 40.6 Å². The Balaban J connectivity index is 2.26. The Hall–Kier alpha value is -1.79. The van der Waals surface area contributed by atoms with Crippen LogP contribution in [0.25, 0.3) is 0 Å². The highest BCUT2D eigenvalue weighted by molar-refractivity contribution is 7.80. The van der Waals surface area contributed by atoms with Gasteiger partial charge in [-0.05, 0) is 57.3 Å². The van der Waals surface area contributed by atoms with Gasteiger partial charge in [0.25, 0.3) is 5.91 Å². The molecular weight excluding hydrogens is 322 g/mol. The topological polar surface area (TPSA) is 53.6 Å². The number of carbonyl (C=O) groups excluding carboxylic acids is 1. The molecule has 1 amide bonds. The Morgan fingerprint density at radius 1 is 1.45 bits per heavy atom. The second kappa shape index (κ2) is 6.14. The van der Waals surface area contributed by atoms with Crippen molar-refractivity contribution in [3.8, 4) is 5.75 Å². The lowest BCUT2D eigenvalue weighted by Crippen LogP contribution is -2.58. The van der Waals surface area contributed by atoms with E-state index >= 15 is 0 Å². The standard InChI is InChI=1S/C15H18ClN3O2S/c1-9-8-15(2,3)17-14(22)19(9)18-13(20)11-7-10(16)5-6-12(11)21-4/h5-8H,1-4H3,(H,17,22)(H,18,20). The van der Waals surface area contributed by atoms with Crippen molar-refractivity contribution in [2.75, 3.05) is 7.11 Å². The first kappa shape index (κ1) is 16.6. The SMILES string of the molecule is COc1ccc(Cl)cc1C(=O)NN1C(=S)NC(C)(C)C=C1C. The normalized spacial score (nSPS) is 16.7. The summed E-state index contributed by atoms with van der Waals surface area (Å²) in [6, 6.07) is 4.87. The van der Waals surface area contributed by atoms with Crippen LogP contribution >= 0.6 is 23.8 Å².